The Morgan fingerprint density at radius 2 is 1.83 bits per heavy atom. The van der Waals surface area contributed by atoms with E-state index in [0.29, 0.717) is 4.96 Å². The molecule has 2 aromatic heterocycles. The molecule has 7 heteroatoms. The van der Waals surface area contributed by atoms with Crippen LogP contribution in [0.3, 0.4) is 0 Å². The highest BCUT2D eigenvalue weighted by atomic mass is 32.1. The third-order valence-electron chi connectivity index (χ3n) is 3.94. The molecule has 126 valence electrons. The SMILES string of the molecule is CCc1cc(=O)n2nc(N(C)CCN(C)c3ccccc3)sc2n1. The van der Waals surface area contributed by atoms with E-state index >= 15 is 0 Å². The number of fused-ring (bicyclic) bond motifs is 1. The minimum atomic E-state index is -0.117. The lowest BCUT2D eigenvalue weighted by atomic mass is 10.3. The first-order valence-electron chi connectivity index (χ1n) is 7.95. The van der Waals surface area contributed by atoms with Crippen molar-refractivity contribution >= 4 is 27.1 Å². The Morgan fingerprint density at radius 1 is 1.12 bits per heavy atom. The van der Waals surface area contributed by atoms with Crippen LogP contribution in [-0.2, 0) is 6.42 Å². The zero-order valence-electron chi connectivity index (χ0n) is 14.1. The Kier molecular flexibility index (Phi) is 4.80. The smallest absolute Gasteiger partial charge is 0.275 e. The molecule has 0 unspecified atom stereocenters. The second kappa shape index (κ2) is 7.00. The molecule has 0 aliphatic heterocycles. The standard InChI is InChI=1S/C17H21N5OS/c1-4-13-12-15(23)22-16(18-13)24-17(19-22)21(3)11-10-20(2)14-8-6-5-7-9-14/h5-9,12H,4,10-11H2,1-3H3. The summed E-state index contributed by atoms with van der Waals surface area (Å²) < 4.78 is 1.39. The van der Waals surface area contributed by atoms with Gasteiger partial charge in [-0.2, -0.15) is 4.52 Å². The van der Waals surface area contributed by atoms with Crippen molar-refractivity contribution < 1.29 is 0 Å². The van der Waals surface area contributed by atoms with Gasteiger partial charge < -0.3 is 9.80 Å². The normalized spacial score (nSPS) is 11.0. The molecule has 0 bridgehead atoms. The molecule has 0 fully saturated rings. The van der Waals surface area contributed by atoms with E-state index in [9.17, 15) is 4.79 Å². The van der Waals surface area contributed by atoms with Crippen molar-refractivity contribution in [3.63, 3.8) is 0 Å². The Morgan fingerprint density at radius 3 is 2.54 bits per heavy atom. The lowest BCUT2D eigenvalue weighted by Crippen LogP contribution is -2.30. The fourth-order valence-electron chi connectivity index (χ4n) is 2.39. The van der Waals surface area contributed by atoms with Crippen LogP contribution in [-0.4, -0.2) is 41.8 Å². The van der Waals surface area contributed by atoms with E-state index in [2.05, 4.69) is 39.1 Å². The Hall–Kier alpha value is -2.41. The number of benzene rings is 1. The Labute approximate surface area is 145 Å². The molecule has 0 saturated heterocycles. The van der Waals surface area contributed by atoms with Crippen LogP contribution < -0.4 is 15.4 Å². The zero-order valence-corrected chi connectivity index (χ0v) is 15.0. The highest BCUT2D eigenvalue weighted by Gasteiger charge is 2.12. The van der Waals surface area contributed by atoms with E-state index in [4.69, 9.17) is 0 Å². The number of hydrogen-bond acceptors (Lipinski definition) is 6. The van der Waals surface area contributed by atoms with Gasteiger partial charge in [0.15, 0.2) is 0 Å². The van der Waals surface area contributed by atoms with E-state index < -0.39 is 0 Å². The number of hydrogen-bond donors (Lipinski definition) is 0. The summed E-state index contributed by atoms with van der Waals surface area (Å²) >= 11 is 1.44. The summed E-state index contributed by atoms with van der Waals surface area (Å²) in [6.07, 6.45) is 0.747. The van der Waals surface area contributed by atoms with Crippen molar-refractivity contribution in [2.75, 3.05) is 37.0 Å². The topological polar surface area (TPSA) is 53.7 Å². The summed E-state index contributed by atoms with van der Waals surface area (Å²) in [4.78, 5) is 21.5. The number of nitrogens with zero attached hydrogens (tertiary/aromatic N) is 5. The van der Waals surface area contributed by atoms with Gasteiger partial charge in [-0.25, -0.2) is 4.98 Å². The summed E-state index contributed by atoms with van der Waals surface area (Å²) in [5, 5.41) is 5.21. The third kappa shape index (κ3) is 3.41. The molecule has 3 rings (SSSR count). The molecule has 24 heavy (non-hydrogen) atoms. The molecular weight excluding hydrogens is 322 g/mol. The average Bonchev–Trinajstić information content (AvgIpc) is 3.04. The lowest BCUT2D eigenvalue weighted by molar-refractivity contribution is 0.804. The van der Waals surface area contributed by atoms with Gasteiger partial charge in [-0.1, -0.05) is 36.5 Å². The minimum Gasteiger partial charge on any atom is -0.373 e. The highest BCUT2D eigenvalue weighted by molar-refractivity contribution is 7.20. The number of para-hydroxylation sites is 1. The summed E-state index contributed by atoms with van der Waals surface area (Å²) in [6.45, 7) is 3.66. The molecule has 0 aliphatic rings. The van der Waals surface area contributed by atoms with Gasteiger partial charge in [0.25, 0.3) is 5.56 Å². The maximum Gasteiger partial charge on any atom is 0.275 e. The van der Waals surface area contributed by atoms with Gasteiger partial charge in [0.05, 0.1) is 0 Å². The molecule has 0 atom stereocenters. The van der Waals surface area contributed by atoms with E-state index in [-0.39, 0.29) is 5.56 Å². The molecule has 6 nitrogen and oxygen atoms in total. The maximum atomic E-state index is 12.1. The van der Waals surface area contributed by atoms with Crippen molar-refractivity contribution in [3.8, 4) is 0 Å². The van der Waals surface area contributed by atoms with Crippen molar-refractivity contribution in [3.05, 3.63) is 52.4 Å². The van der Waals surface area contributed by atoms with Crippen LogP contribution in [0.15, 0.2) is 41.2 Å². The quantitative estimate of drug-likeness (QED) is 0.687. The van der Waals surface area contributed by atoms with Crippen LogP contribution in [0.25, 0.3) is 4.96 Å². The largest absolute Gasteiger partial charge is 0.373 e. The molecule has 0 aliphatic carbocycles. The Balaban J connectivity index is 1.73. The molecule has 0 spiro atoms. The minimum absolute atomic E-state index is 0.117. The van der Waals surface area contributed by atoms with Crippen molar-refractivity contribution in [1.82, 2.24) is 14.6 Å². The van der Waals surface area contributed by atoms with Crippen molar-refractivity contribution in [1.29, 1.82) is 0 Å². The van der Waals surface area contributed by atoms with E-state index in [1.165, 1.54) is 21.5 Å². The van der Waals surface area contributed by atoms with E-state index in [1.807, 2.05) is 32.2 Å². The number of anilines is 2. The fraction of sp³-hybridized carbons (Fsp3) is 0.353. The number of aryl methyl sites for hydroxylation is 1. The van der Waals surface area contributed by atoms with Crippen LogP contribution in [0.4, 0.5) is 10.8 Å². The second-order valence-corrected chi connectivity index (χ2v) is 6.63. The first kappa shape index (κ1) is 16.4. The van der Waals surface area contributed by atoms with Crippen LogP contribution in [0.2, 0.25) is 0 Å². The maximum absolute atomic E-state index is 12.1. The van der Waals surface area contributed by atoms with E-state index in [1.54, 1.807) is 6.07 Å². The molecule has 3 aromatic rings. The average molecular weight is 343 g/mol. The van der Waals surface area contributed by atoms with Gasteiger partial charge in [0.1, 0.15) is 0 Å². The van der Waals surface area contributed by atoms with Crippen molar-refractivity contribution in [2.45, 2.75) is 13.3 Å². The predicted molar refractivity (Wildman–Crippen MR) is 99.5 cm³/mol. The highest BCUT2D eigenvalue weighted by Crippen LogP contribution is 2.20. The summed E-state index contributed by atoms with van der Waals surface area (Å²) in [5.41, 5.74) is 1.87. The lowest BCUT2D eigenvalue weighted by Gasteiger charge is -2.23. The first-order valence-corrected chi connectivity index (χ1v) is 8.77. The Bertz CT molecular complexity index is 874. The molecule has 2 heterocycles. The second-order valence-electron chi connectivity index (χ2n) is 5.70. The number of aromatic nitrogens is 3. The fourth-order valence-corrected chi connectivity index (χ4v) is 3.30. The zero-order chi connectivity index (χ0) is 17.1. The summed E-state index contributed by atoms with van der Waals surface area (Å²) in [5.74, 6) is 0. The first-order chi connectivity index (χ1) is 11.6. The van der Waals surface area contributed by atoms with Gasteiger partial charge in [-0.3, -0.25) is 4.79 Å². The van der Waals surface area contributed by atoms with Gasteiger partial charge >= 0.3 is 0 Å². The number of rotatable bonds is 6. The van der Waals surface area contributed by atoms with Gasteiger partial charge in [0.2, 0.25) is 10.1 Å². The summed E-state index contributed by atoms with van der Waals surface area (Å²) in [6, 6.07) is 11.8. The number of likely N-dealkylation sites (N-methyl/N-ethyl adjacent to an activating group) is 2. The third-order valence-corrected chi connectivity index (χ3v) is 4.97. The van der Waals surface area contributed by atoms with E-state index in [0.717, 1.165) is 30.3 Å². The van der Waals surface area contributed by atoms with Crippen LogP contribution in [0, 0.1) is 0 Å². The molecular formula is C17H21N5OS. The molecule has 0 amide bonds. The van der Waals surface area contributed by atoms with Gasteiger partial charge in [0, 0.05) is 44.6 Å². The van der Waals surface area contributed by atoms with Crippen LogP contribution in [0.5, 0.6) is 0 Å². The molecule has 0 saturated carbocycles. The van der Waals surface area contributed by atoms with Gasteiger partial charge in [-0.15, -0.1) is 5.10 Å². The van der Waals surface area contributed by atoms with Crippen LogP contribution >= 0.6 is 11.3 Å². The molecule has 1 aromatic carbocycles. The van der Waals surface area contributed by atoms with Crippen LogP contribution in [0.1, 0.15) is 12.6 Å². The predicted octanol–water partition coefficient (Wildman–Crippen LogP) is 2.29. The monoisotopic (exact) mass is 343 g/mol. The molecule has 0 N–H and O–H groups in total. The van der Waals surface area contributed by atoms with Crippen molar-refractivity contribution in [2.24, 2.45) is 0 Å². The molecule has 0 radical (unpaired) electrons. The van der Waals surface area contributed by atoms with Gasteiger partial charge in [-0.05, 0) is 18.6 Å². The summed E-state index contributed by atoms with van der Waals surface area (Å²) in [7, 11) is 4.06.